The summed E-state index contributed by atoms with van der Waals surface area (Å²) in [6.07, 6.45) is 1.52. The number of piperidine rings is 1. The number of carbonyl (C=O) groups excluding carboxylic acids is 2. The highest BCUT2D eigenvalue weighted by molar-refractivity contribution is 7.17. The molecule has 0 saturated carbocycles. The molecule has 1 fully saturated rings. The molecule has 1 aliphatic rings. The van der Waals surface area contributed by atoms with E-state index in [0.29, 0.717) is 33.6 Å². The largest absolute Gasteiger partial charge is 0.354 e. The molecular formula is C16H16ClN3O2S. The van der Waals surface area contributed by atoms with Crippen molar-refractivity contribution >= 4 is 34.8 Å². The fraction of sp³-hybridized carbons (Fsp3) is 0.312. The number of nitrogens with zero attached hydrogens (tertiary/aromatic N) is 1. The first-order chi connectivity index (χ1) is 11.1. The number of halogens is 1. The lowest BCUT2D eigenvalue weighted by molar-refractivity contribution is -0.124. The van der Waals surface area contributed by atoms with Crippen molar-refractivity contribution in [1.29, 1.82) is 0 Å². The molecule has 120 valence electrons. The standard InChI is InChI=1S/C16H16ClN3O2S/c1-9-13(15(22)20-12-7-4-8-18-14(12)21)23-16(19-9)10-5-2-3-6-11(10)17/h2-3,5-6,12H,4,7-8H2,1H3,(H,18,21)(H,20,22). The van der Waals surface area contributed by atoms with E-state index in [4.69, 9.17) is 11.6 Å². The van der Waals surface area contributed by atoms with Crippen LogP contribution in [0.4, 0.5) is 0 Å². The number of thiazole rings is 1. The van der Waals surface area contributed by atoms with Crippen molar-refractivity contribution in [2.75, 3.05) is 6.54 Å². The van der Waals surface area contributed by atoms with Crippen molar-refractivity contribution < 1.29 is 9.59 Å². The van der Waals surface area contributed by atoms with E-state index < -0.39 is 6.04 Å². The van der Waals surface area contributed by atoms with Crippen LogP contribution >= 0.6 is 22.9 Å². The molecule has 0 aliphatic carbocycles. The Labute approximate surface area is 143 Å². The highest BCUT2D eigenvalue weighted by Gasteiger charge is 2.26. The average Bonchev–Trinajstić information content (AvgIpc) is 2.92. The molecule has 2 aromatic rings. The zero-order valence-electron chi connectivity index (χ0n) is 12.6. The van der Waals surface area contributed by atoms with Gasteiger partial charge >= 0.3 is 0 Å². The van der Waals surface area contributed by atoms with E-state index in [1.807, 2.05) is 18.2 Å². The summed E-state index contributed by atoms with van der Waals surface area (Å²) in [7, 11) is 0. The molecule has 3 rings (SSSR count). The third kappa shape index (κ3) is 3.38. The quantitative estimate of drug-likeness (QED) is 0.895. The summed E-state index contributed by atoms with van der Waals surface area (Å²) >= 11 is 7.47. The summed E-state index contributed by atoms with van der Waals surface area (Å²) in [6, 6.07) is 6.92. The Balaban J connectivity index is 1.82. The van der Waals surface area contributed by atoms with Gasteiger partial charge in [0.25, 0.3) is 5.91 Å². The number of aryl methyl sites for hydroxylation is 1. The summed E-state index contributed by atoms with van der Waals surface area (Å²) in [5, 5.41) is 6.85. The third-order valence-electron chi connectivity index (χ3n) is 3.70. The molecule has 1 saturated heterocycles. The summed E-state index contributed by atoms with van der Waals surface area (Å²) in [5.41, 5.74) is 1.44. The van der Waals surface area contributed by atoms with Crippen LogP contribution < -0.4 is 10.6 Å². The maximum Gasteiger partial charge on any atom is 0.263 e. The molecule has 2 amide bonds. The molecule has 1 aromatic heterocycles. The second kappa shape index (κ2) is 6.68. The van der Waals surface area contributed by atoms with Crippen molar-refractivity contribution in [2.24, 2.45) is 0 Å². The highest BCUT2D eigenvalue weighted by atomic mass is 35.5. The van der Waals surface area contributed by atoms with Crippen LogP contribution in [-0.2, 0) is 4.79 Å². The minimum absolute atomic E-state index is 0.127. The van der Waals surface area contributed by atoms with Crippen molar-refractivity contribution in [3.63, 3.8) is 0 Å². The Hall–Kier alpha value is -1.92. The molecule has 7 heteroatoms. The predicted octanol–water partition coefficient (Wildman–Crippen LogP) is 2.78. The van der Waals surface area contributed by atoms with Crippen LogP contribution in [0.1, 0.15) is 28.2 Å². The first-order valence-electron chi connectivity index (χ1n) is 7.37. The van der Waals surface area contributed by atoms with Crippen molar-refractivity contribution in [1.82, 2.24) is 15.6 Å². The topological polar surface area (TPSA) is 71.1 Å². The molecule has 23 heavy (non-hydrogen) atoms. The van der Waals surface area contributed by atoms with E-state index in [1.54, 1.807) is 13.0 Å². The number of nitrogens with one attached hydrogen (secondary N) is 2. The Bertz CT molecular complexity index is 760. The van der Waals surface area contributed by atoms with Crippen molar-refractivity contribution in [3.8, 4) is 10.6 Å². The van der Waals surface area contributed by atoms with Gasteiger partial charge < -0.3 is 10.6 Å². The second-order valence-corrected chi connectivity index (χ2v) is 6.78. The number of benzene rings is 1. The molecule has 1 atom stereocenters. The molecule has 0 radical (unpaired) electrons. The molecular weight excluding hydrogens is 334 g/mol. The van der Waals surface area contributed by atoms with Gasteiger partial charge in [0.05, 0.1) is 10.7 Å². The Kier molecular flexibility index (Phi) is 4.63. The first-order valence-corrected chi connectivity index (χ1v) is 8.56. The van der Waals surface area contributed by atoms with Crippen LogP contribution in [0.3, 0.4) is 0 Å². The van der Waals surface area contributed by atoms with Crippen LogP contribution in [0, 0.1) is 6.92 Å². The van der Waals surface area contributed by atoms with Gasteiger partial charge in [0.15, 0.2) is 0 Å². The van der Waals surface area contributed by atoms with E-state index in [-0.39, 0.29) is 11.8 Å². The Morgan fingerprint density at radius 1 is 1.43 bits per heavy atom. The third-order valence-corrected chi connectivity index (χ3v) is 5.22. The summed E-state index contributed by atoms with van der Waals surface area (Å²) in [6.45, 7) is 2.45. The maximum atomic E-state index is 12.5. The van der Waals surface area contributed by atoms with Crippen LogP contribution in [0.15, 0.2) is 24.3 Å². The van der Waals surface area contributed by atoms with Gasteiger partial charge in [-0.15, -0.1) is 11.3 Å². The minimum atomic E-state index is -0.471. The second-order valence-electron chi connectivity index (χ2n) is 5.37. The lowest BCUT2D eigenvalue weighted by Gasteiger charge is -2.22. The molecule has 1 unspecified atom stereocenters. The zero-order valence-corrected chi connectivity index (χ0v) is 14.1. The van der Waals surface area contributed by atoms with Crippen LogP contribution in [0.2, 0.25) is 5.02 Å². The van der Waals surface area contributed by atoms with E-state index in [2.05, 4.69) is 15.6 Å². The smallest absolute Gasteiger partial charge is 0.263 e. The highest BCUT2D eigenvalue weighted by Crippen LogP contribution is 2.32. The lowest BCUT2D eigenvalue weighted by Crippen LogP contribution is -2.50. The Morgan fingerprint density at radius 3 is 2.96 bits per heavy atom. The molecule has 5 nitrogen and oxygen atoms in total. The number of amides is 2. The van der Waals surface area contributed by atoms with Gasteiger partial charge in [-0.2, -0.15) is 0 Å². The number of carbonyl (C=O) groups is 2. The SMILES string of the molecule is Cc1nc(-c2ccccc2Cl)sc1C(=O)NC1CCCNC1=O. The zero-order chi connectivity index (χ0) is 16.4. The van der Waals surface area contributed by atoms with Crippen molar-refractivity contribution in [2.45, 2.75) is 25.8 Å². The van der Waals surface area contributed by atoms with Crippen LogP contribution in [0.5, 0.6) is 0 Å². The average molecular weight is 350 g/mol. The lowest BCUT2D eigenvalue weighted by atomic mass is 10.1. The first kappa shape index (κ1) is 16.0. The summed E-state index contributed by atoms with van der Waals surface area (Å²) in [4.78, 5) is 29.2. The predicted molar refractivity (Wildman–Crippen MR) is 90.8 cm³/mol. The monoisotopic (exact) mass is 349 g/mol. The van der Waals surface area contributed by atoms with Crippen LogP contribution in [0.25, 0.3) is 10.6 Å². The number of aromatic nitrogens is 1. The van der Waals surface area contributed by atoms with Gasteiger partial charge in [0.1, 0.15) is 15.9 Å². The van der Waals surface area contributed by atoms with E-state index in [1.165, 1.54) is 11.3 Å². The van der Waals surface area contributed by atoms with Gasteiger partial charge in [-0.3, -0.25) is 9.59 Å². The fourth-order valence-corrected chi connectivity index (χ4v) is 3.78. The number of rotatable bonds is 3. The maximum absolute atomic E-state index is 12.5. The van der Waals surface area contributed by atoms with Gasteiger partial charge in [0, 0.05) is 12.1 Å². The Morgan fingerprint density at radius 2 is 2.22 bits per heavy atom. The van der Waals surface area contributed by atoms with Gasteiger partial charge in [-0.25, -0.2) is 4.98 Å². The van der Waals surface area contributed by atoms with E-state index >= 15 is 0 Å². The molecule has 1 aliphatic heterocycles. The van der Waals surface area contributed by atoms with Crippen molar-refractivity contribution in [3.05, 3.63) is 39.9 Å². The normalized spacial score (nSPS) is 17.7. The number of hydrogen-bond donors (Lipinski definition) is 2. The molecule has 2 N–H and O–H groups in total. The van der Waals surface area contributed by atoms with Gasteiger partial charge in [0.2, 0.25) is 5.91 Å². The fourth-order valence-electron chi connectivity index (χ4n) is 2.49. The molecule has 0 spiro atoms. The minimum Gasteiger partial charge on any atom is -0.354 e. The molecule has 1 aromatic carbocycles. The summed E-state index contributed by atoms with van der Waals surface area (Å²) in [5.74, 6) is -0.390. The summed E-state index contributed by atoms with van der Waals surface area (Å²) < 4.78 is 0. The van der Waals surface area contributed by atoms with E-state index in [9.17, 15) is 9.59 Å². The van der Waals surface area contributed by atoms with Gasteiger partial charge in [-0.05, 0) is 25.8 Å². The molecule has 2 heterocycles. The van der Waals surface area contributed by atoms with Crippen LogP contribution in [-0.4, -0.2) is 29.4 Å². The molecule has 0 bridgehead atoms. The van der Waals surface area contributed by atoms with Gasteiger partial charge in [-0.1, -0.05) is 29.8 Å². The number of hydrogen-bond acceptors (Lipinski definition) is 4. The van der Waals surface area contributed by atoms with E-state index in [0.717, 1.165) is 12.0 Å².